The summed E-state index contributed by atoms with van der Waals surface area (Å²) in [6.45, 7) is 0.756. The normalized spacial score (nSPS) is 12.2. The summed E-state index contributed by atoms with van der Waals surface area (Å²) in [6.07, 6.45) is 0. The Kier molecular flexibility index (Phi) is 5.53. The van der Waals surface area contributed by atoms with Crippen molar-refractivity contribution in [1.82, 2.24) is 10.2 Å². The van der Waals surface area contributed by atoms with E-state index >= 15 is 0 Å². The topological polar surface area (TPSA) is 32.3 Å². The van der Waals surface area contributed by atoms with Crippen LogP contribution < -0.4 is 5.32 Å². The number of hydrogen-bond acceptors (Lipinski definition) is 2. The van der Waals surface area contributed by atoms with Crippen molar-refractivity contribution in [2.75, 3.05) is 20.6 Å². The molecule has 1 N–H and O–H groups in total. The standard InChI is InChI=1S/C17H19BrN2O/c1-20(2)12-16(13-6-4-3-5-7-13)19-17(21)14-8-10-15(18)11-9-14/h3-11,16H,12H2,1-2H3,(H,19,21). The van der Waals surface area contributed by atoms with Crippen LogP contribution in [0.1, 0.15) is 22.0 Å². The minimum Gasteiger partial charge on any atom is -0.344 e. The van der Waals surface area contributed by atoms with Gasteiger partial charge in [0.15, 0.2) is 0 Å². The van der Waals surface area contributed by atoms with E-state index in [2.05, 4.69) is 26.1 Å². The fourth-order valence-electron chi connectivity index (χ4n) is 2.13. The lowest BCUT2D eigenvalue weighted by Gasteiger charge is -2.23. The summed E-state index contributed by atoms with van der Waals surface area (Å²) in [7, 11) is 4.00. The molecule has 0 radical (unpaired) electrons. The first-order chi connectivity index (χ1) is 10.1. The van der Waals surface area contributed by atoms with E-state index in [-0.39, 0.29) is 11.9 Å². The fourth-order valence-corrected chi connectivity index (χ4v) is 2.39. The van der Waals surface area contributed by atoms with Gasteiger partial charge in [0, 0.05) is 16.6 Å². The number of rotatable bonds is 5. The zero-order valence-electron chi connectivity index (χ0n) is 12.2. The van der Waals surface area contributed by atoms with Crippen molar-refractivity contribution in [3.05, 3.63) is 70.2 Å². The lowest BCUT2D eigenvalue weighted by atomic mass is 10.1. The van der Waals surface area contributed by atoms with Crippen LogP contribution in [-0.4, -0.2) is 31.4 Å². The minimum atomic E-state index is -0.0572. The number of carbonyl (C=O) groups is 1. The van der Waals surface area contributed by atoms with E-state index in [1.54, 1.807) is 0 Å². The molecule has 1 atom stereocenters. The van der Waals surface area contributed by atoms with Gasteiger partial charge in [0.2, 0.25) is 0 Å². The summed E-state index contributed by atoms with van der Waals surface area (Å²) in [4.78, 5) is 14.4. The molecule has 4 heteroatoms. The number of nitrogens with one attached hydrogen (secondary N) is 1. The van der Waals surface area contributed by atoms with Gasteiger partial charge in [-0.2, -0.15) is 0 Å². The van der Waals surface area contributed by atoms with Crippen LogP contribution in [0.3, 0.4) is 0 Å². The molecule has 0 fully saturated rings. The summed E-state index contributed by atoms with van der Waals surface area (Å²) < 4.78 is 0.965. The van der Waals surface area contributed by atoms with Gasteiger partial charge >= 0.3 is 0 Å². The Morgan fingerprint density at radius 2 is 1.71 bits per heavy atom. The fraction of sp³-hybridized carbons (Fsp3) is 0.235. The Balaban J connectivity index is 2.15. The first kappa shape index (κ1) is 15.7. The van der Waals surface area contributed by atoms with Gasteiger partial charge in [-0.15, -0.1) is 0 Å². The molecule has 0 bridgehead atoms. The number of hydrogen-bond donors (Lipinski definition) is 1. The largest absolute Gasteiger partial charge is 0.344 e. The number of carbonyl (C=O) groups excluding carboxylic acids is 1. The zero-order chi connectivity index (χ0) is 15.2. The average molecular weight is 347 g/mol. The molecule has 0 aliphatic heterocycles. The van der Waals surface area contributed by atoms with Gasteiger partial charge in [0.1, 0.15) is 0 Å². The van der Waals surface area contributed by atoms with E-state index in [1.165, 1.54) is 0 Å². The van der Waals surface area contributed by atoms with E-state index in [4.69, 9.17) is 0 Å². The lowest BCUT2D eigenvalue weighted by molar-refractivity contribution is 0.0930. The van der Waals surface area contributed by atoms with Crippen molar-refractivity contribution in [2.45, 2.75) is 6.04 Å². The summed E-state index contributed by atoms with van der Waals surface area (Å²) >= 11 is 3.38. The molecule has 2 rings (SSSR count). The highest BCUT2D eigenvalue weighted by molar-refractivity contribution is 9.10. The molecular weight excluding hydrogens is 328 g/mol. The molecule has 0 aliphatic carbocycles. The Morgan fingerprint density at radius 3 is 2.29 bits per heavy atom. The molecule has 2 aromatic rings. The highest BCUT2D eigenvalue weighted by Crippen LogP contribution is 2.15. The third-order valence-corrected chi connectivity index (χ3v) is 3.69. The molecule has 1 unspecified atom stereocenters. The van der Waals surface area contributed by atoms with Crippen LogP contribution in [0.25, 0.3) is 0 Å². The van der Waals surface area contributed by atoms with Gasteiger partial charge in [-0.05, 0) is 43.9 Å². The Morgan fingerprint density at radius 1 is 1.10 bits per heavy atom. The molecule has 110 valence electrons. The Labute approximate surface area is 134 Å². The maximum absolute atomic E-state index is 12.4. The van der Waals surface area contributed by atoms with E-state index in [9.17, 15) is 4.79 Å². The van der Waals surface area contributed by atoms with Gasteiger partial charge in [0.05, 0.1) is 6.04 Å². The van der Waals surface area contributed by atoms with Crippen molar-refractivity contribution < 1.29 is 4.79 Å². The SMILES string of the molecule is CN(C)CC(NC(=O)c1ccc(Br)cc1)c1ccccc1. The monoisotopic (exact) mass is 346 g/mol. The van der Waals surface area contributed by atoms with Crippen LogP contribution in [0, 0.1) is 0 Å². The number of halogens is 1. The number of nitrogens with zero attached hydrogens (tertiary/aromatic N) is 1. The van der Waals surface area contributed by atoms with E-state index < -0.39 is 0 Å². The lowest BCUT2D eigenvalue weighted by Crippen LogP contribution is -2.35. The second-order valence-corrected chi connectivity index (χ2v) is 6.12. The Bertz CT molecular complexity index is 581. The maximum Gasteiger partial charge on any atom is 0.251 e. The molecule has 2 aromatic carbocycles. The van der Waals surface area contributed by atoms with Crippen LogP contribution in [0.4, 0.5) is 0 Å². The van der Waals surface area contributed by atoms with Crippen LogP contribution in [0.2, 0.25) is 0 Å². The molecular formula is C17H19BrN2O. The van der Waals surface area contributed by atoms with E-state index in [0.717, 1.165) is 16.6 Å². The molecule has 1 amide bonds. The highest BCUT2D eigenvalue weighted by atomic mass is 79.9. The second kappa shape index (κ2) is 7.38. The first-order valence-electron chi connectivity index (χ1n) is 6.82. The van der Waals surface area contributed by atoms with Crippen molar-refractivity contribution in [2.24, 2.45) is 0 Å². The summed E-state index contributed by atoms with van der Waals surface area (Å²) in [5, 5.41) is 3.10. The first-order valence-corrected chi connectivity index (χ1v) is 7.61. The van der Waals surface area contributed by atoms with Gasteiger partial charge in [0.25, 0.3) is 5.91 Å². The average Bonchev–Trinajstić information content (AvgIpc) is 2.47. The van der Waals surface area contributed by atoms with E-state index in [0.29, 0.717) is 5.56 Å². The smallest absolute Gasteiger partial charge is 0.251 e. The van der Waals surface area contributed by atoms with Gasteiger partial charge in [-0.3, -0.25) is 4.79 Å². The number of likely N-dealkylation sites (N-methyl/N-ethyl adjacent to an activating group) is 1. The predicted octanol–water partition coefficient (Wildman–Crippen LogP) is 3.48. The van der Waals surface area contributed by atoms with Crippen LogP contribution in [0.5, 0.6) is 0 Å². The quantitative estimate of drug-likeness (QED) is 0.898. The van der Waals surface area contributed by atoms with Crippen LogP contribution in [0.15, 0.2) is 59.1 Å². The molecule has 0 saturated carbocycles. The van der Waals surface area contributed by atoms with Crippen molar-refractivity contribution in [3.8, 4) is 0 Å². The van der Waals surface area contributed by atoms with E-state index in [1.807, 2.05) is 68.7 Å². The third kappa shape index (κ3) is 4.69. The number of amides is 1. The second-order valence-electron chi connectivity index (χ2n) is 5.21. The van der Waals surface area contributed by atoms with Crippen molar-refractivity contribution >= 4 is 21.8 Å². The summed E-state index contributed by atoms with van der Waals surface area (Å²) in [6, 6.07) is 17.4. The van der Waals surface area contributed by atoms with Gasteiger partial charge < -0.3 is 10.2 Å². The van der Waals surface area contributed by atoms with Crippen LogP contribution in [-0.2, 0) is 0 Å². The zero-order valence-corrected chi connectivity index (χ0v) is 13.8. The minimum absolute atomic E-state index is 0.0302. The predicted molar refractivity (Wildman–Crippen MR) is 89.3 cm³/mol. The van der Waals surface area contributed by atoms with Gasteiger partial charge in [-0.1, -0.05) is 46.3 Å². The maximum atomic E-state index is 12.4. The molecule has 0 saturated heterocycles. The highest BCUT2D eigenvalue weighted by Gasteiger charge is 2.16. The van der Waals surface area contributed by atoms with Crippen LogP contribution >= 0.6 is 15.9 Å². The third-order valence-electron chi connectivity index (χ3n) is 3.16. The van der Waals surface area contributed by atoms with Crippen molar-refractivity contribution in [1.29, 1.82) is 0 Å². The Hall–Kier alpha value is -1.65. The van der Waals surface area contributed by atoms with Gasteiger partial charge in [-0.25, -0.2) is 0 Å². The molecule has 0 heterocycles. The molecule has 0 aromatic heterocycles. The molecule has 0 spiro atoms. The number of benzene rings is 2. The summed E-state index contributed by atoms with van der Waals surface area (Å²) in [5.41, 5.74) is 1.77. The molecule has 21 heavy (non-hydrogen) atoms. The van der Waals surface area contributed by atoms with Crippen molar-refractivity contribution in [3.63, 3.8) is 0 Å². The molecule has 0 aliphatic rings. The molecule has 3 nitrogen and oxygen atoms in total. The summed E-state index contributed by atoms with van der Waals surface area (Å²) in [5.74, 6) is -0.0572.